The minimum atomic E-state index is -0.282. The van der Waals surface area contributed by atoms with E-state index in [1.165, 1.54) is 23.5 Å². The number of aromatic nitrogens is 5. The quantitative estimate of drug-likeness (QED) is 0.468. The van der Waals surface area contributed by atoms with Crippen molar-refractivity contribution in [2.24, 2.45) is 0 Å². The normalized spacial score (nSPS) is 11.3. The summed E-state index contributed by atoms with van der Waals surface area (Å²) in [6, 6.07) is 13.7. The van der Waals surface area contributed by atoms with E-state index in [1.807, 2.05) is 29.6 Å². The van der Waals surface area contributed by atoms with Crippen LogP contribution >= 0.6 is 22.9 Å². The lowest BCUT2D eigenvalue weighted by Gasteiger charge is -2.05. The lowest BCUT2D eigenvalue weighted by molar-refractivity contribution is 0.628. The molecule has 0 bridgehead atoms. The van der Waals surface area contributed by atoms with E-state index < -0.39 is 0 Å². The summed E-state index contributed by atoms with van der Waals surface area (Å²) in [6.45, 7) is 0. The molecule has 0 aliphatic carbocycles. The van der Waals surface area contributed by atoms with Gasteiger partial charge in [0.25, 0.3) is 0 Å². The first-order valence-electron chi connectivity index (χ1n) is 7.97. The second-order valence-corrected chi connectivity index (χ2v) is 6.93. The number of fused-ring (bicyclic) bond motifs is 2. The van der Waals surface area contributed by atoms with Gasteiger partial charge in [-0.05, 0) is 36.4 Å². The number of nitrogens with one attached hydrogen (secondary N) is 1. The van der Waals surface area contributed by atoms with Crippen molar-refractivity contribution in [3.63, 3.8) is 0 Å². The minimum absolute atomic E-state index is 0.241. The van der Waals surface area contributed by atoms with Crippen molar-refractivity contribution >= 4 is 50.7 Å². The molecule has 0 saturated carbocycles. The van der Waals surface area contributed by atoms with Crippen molar-refractivity contribution < 1.29 is 4.39 Å². The van der Waals surface area contributed by atoms with Gasteiger partial charge in [0.15, 0.2) is 11.0 Å². The van der Waals surface area contributed by atoms with Crippen LogP contribution in [0.2, 0.25) is 5.15 Å². The lowest BCUT2D eigenvalue weighted by atomic mass is 10.2. The Morgan fingerprint density at radius 1 is 0.963 bits per heavy atom. The molecule has 3 heterocycles. The van der Waals surface area contributed by atoms with Gasteiger partial charge < -0.3 is 5.32 Å². The molecule has 5 aromatic rings. The summed E-state index contributed by atoms with van der Waals surface area (Å²) in [5.74, 6) is 0.462. The largest absolute Gasteiger partial charge is 0.305 e. The third-order valence-corrected chi connectivity index (χ3v) is 5.06. The van der Waals surface area contributed by atoms with E-state index in [1.54, 1.807) is 16.6 Å². The van der Waals surface area contributed by atoms with Crippen LogP contribution in [-0.2, 0) is 0 Å². The van der Waals surface area contributed by atoms with Crippen LogP contribution in [0.4, 0.5) is 16.2 Å². The van der Waals surface area contributed by atoms with E-state index in [4.69, 9.17) is 11.6 Å². The molecule has 0 unspecified atom stereocenters. The van der Waals surface area contributed by atoms with Gasteiger partial charge in [0.1, 0.15) is 5.82 Å². The average Bonchev–Trinajstić information content (AvgIpc) is 3.23. The number of rotatable bonds is 3. The fraction of sp³-hybridized carbons (Fsp3) is 0. The molecule has 0 spiro atoms. The highest BCUT2D eigenvalue weighted by Gasteiger charge is 2.14. The monoisotopic (exact) mass is 396 g/mol. The summed E-state index contributed by atoms with van der Waals surface area (Å²) in [5.41, 5.74) is 3.11. The molecule has 0 amide bonds. The Balaban J connectivity index is 1.53. The molecule has 0 radical (unpaired) electrons. The van der Waals surface area contributed by atoms with E-state index in [2.05, 4.69) is 25.4 Å². The van der Waals surface area contributed by atoms with E-state index >= 15 is 0 Å². The first kappa shape index (κ1) is 16.1. The molecule has 6 nitrogen and oxygen atoms in total. The van der Waals surface area contributed by atoms with Crippen LogP contribution < -0.4 is 5.32 Å². The number of halogens is 2. The van der Waals surface area contributed by atoms with Crippen LogP contribution in [0.5, 0.6) is 0 Å². The highest BCUT2D eigenvalue weighted by molar-refractivity contribution is 7.15. The van der Waals surface area contributed by atoms with E-state index in [0.29, 0.717) is 22.2 Å². The molecule has 9 heteroatoms. The molecule has 2 aromatic carbocycles. The standard InChI is InChI=1S/C18H10ClFN6S/c19-15-16(22-13-4-2-1-3-12(13)21-15)23-17-24-18-26(25-17)14(9-27-18)10-5-7-11(20)8-6-10/h1-9H,(H,22,23,25). The average molecular weight is 397 g/mol. The first-order chi connectivity index (χ1) is 13.2. The number of benzene rings is 2. The van der Waals surface area contributed by atoms with Gasteiger partial charge in [-0.25, -0.2) is 18.9 Å². The topological polar surface area (TPSA) is 68.0 Å². The Hall–Kier alpha value is -3.10. The number of thiazole rings is 1. The molecule has 0 fully saturated rings. The van der Waals surface area contributed by atoms with Gasteiger partial charge in [0, 0.05) is 10.9 Å². The predicted octanol–water partition coefficient (Wildman–Crippen LogP) is 4.94. The van der Waals surface area contributed by atoms with Crippen molar-refractivity contribution in [1.82, 2.24) is 24.6 Å². The van der Waals surface area contributed by atoms with Crippen molar-refractivity contribution in [3.05, 3.63) is 64.9 Å². The maximum atomic E-state index is 13.2. The molecule has 5 rings (SSSR count). The summed E-state index contributed by atoms with van der Waals surface area (Å²) in [6.07, 6.45) is 0. The van der Waals surface area contributed by atoms with Gasteiger partial charge in [-0.15, -0.1) is 16.4 Å². The summed E-state index contributed by atoms with van der Waals surface area (Å²) in [7, 11) is 0. The van der Waals surface area contributed by atoms with Gasteiger partial charge in [0.05, 0.1) is 16.7 Å². The highest BCUT2D eigenvalue weighted by Crippen LogP contribution is 2.28. The van der Waals surface area contributed by atoms with Gasteiger partial charge in [-0.3, -0.25) is 0 Å². The van der Waals surface area contributed by atoms with E-state index in [9.17, 15) is 4.39 Å². The fourth-order valence-electron chi connectivity index (χ4n) is 2.72. The molecular formula is C18H10ClFN6S. The van der Waals surface area contributed by atoms with Crippen LogP contribution in [0.3, 0.4) is 0 Å². The van der Waals surface area contributed by atoms with Crippen LogP contribution in [-0.4, -0.2) is 24.6 Å². The molecule has 0 aliphatic heterocycles. The third kappa shape index (κ3) is 2.88. The number of nitrogens with zero attached hydrogens (tertiary/aromatic N) is 5. The molecule has 0 atom stereocenters. The lowest BCUT2D eigenvalue weighted by Crippen LogP contribution is -1.99. The molecule has 0 saturated heterocycles. The second-order valence-electron chi connectivity index (χ2n) is 5.73. The first-order valence-corrected chi connectivity index (χ1v) is 9.23. The number of hydrogen-bond acceptors (Lipinski definition) is 6. The van der Waals surface area contributed by atoms with Crippen LogP contribution in [0, 0.1) is 5.82 Å². The van der Waals surface area contributed by atoms with Crippen LogP contribution in [0.1, 0.15) is 0 Å². The zero-order valence-electron chi connectivity index (χ0n) is 13.6. The second kappa shape index (κ2) is 6.26. The molecule has 3 aromatic heterocycles. The Bertz CT molecular complexity index is 1280. The summed E-state index contributed by atoms with van der Waals surface area (Å²) >= 11 is 7.67. The Labute approximate surface area is 161 Å². The minimum Gasteiger partial charge on any atom is -0.305 e. The summed E-state index contributed by atoms with van der Waals surface area (Å²) in [4.78, 5) is 14.0. The van der Waals surface area contributed by atoms with Gasteiger partial charge in [-0.2, -0.15) is 4.98 Å². The molecule has 0 aliphatic rings. The van der Waals surface area contributed by atoms with Crippen LogP contribution in [0.15, 0.2) is 53.9 Å². The Morgan fingerprint density at radius 3 is 2.48 bits per heavy atom. The molecule has 1 N–H and O–H groups in total. The summed E-state index contributed by atoms with van der Waals surface area (Å²) in [5, 5.41) is 9.67. The third-order valence-electron chi connectivity index (χ3n) is 3.98. The highest BCUT2D eigenvalue weighted by atomic mass is 35.5. The van der Waals surface area contributed by atoms with Crippen molar-refractivity contribution in [2.75, 3.05) is 5.32 Å². The summed E-state index contributed by atoms with van der Waals surface area (Å²) < 4.78 is 14.9. The van der Waals surface area contributed by atoms with Gasteiger partial charge in [0.2, 0.25) is 10.9 Å². The number of hydrogen-bond donors (Lipinski definition) is 1. The van der Waals surface area contributed by atoms with Gasteiger partial charge in [-0.1, -0.05) is 23.7 Å². The Kier molecular flexibility index (Phi) is 3.73. The maximum Gasteiger partial charge on any atom is 0.249 e. The zero-order chi connectivity index (χ0) is 18.4. The molecule has 27 heavy (non-hydrogen) atoms. The maximum absolute atomic E-state index is 13.2. The zero-order valence-corrected chi connectivity index (χ0v) is 15.2. The molecule has 132 valence electrons. The predicted molar refractivity (Wildman–Crippen MR) is 104 cm³/mol. The van der Waals surface area contributed by atoms with E-state index in [0.717, 1.165) is 16.8 Å². The smallest absolute Gasteiger partial charge is 0.249 e. The fourth-order valence-corrected chi connectivity index (χ4v) is 3.73. The van der Waals surface area contributed by atoms with Crippen molar-refractivity contribution in [3.8, 4) is 11.3 Å². The van der Waals surface area contributed by atoms with Crippen LogP contribution in [0.25, 0.3) is 27.3 Å². The van der Waals surface area contributed by atoms with Crippen molar-refractivity contribution in [2.45, 2.75) is 0 Å². The number of para-hydroxylation sites is 2. The van der Waals surface area contributed by atoms with E-state index in [-0.39, 0.29) is 11.0 Å². The van der Waals surface area contributed by atoms with Crippen molar-refractivity contribution in [1.29, 1.82) is 0 Å². The SMILES string of the molecule is Fc1ccc(-c2csc3nc(Nc4nc5ccccc5nc4Cl)nn23)cc1. The molecular weight excluding hydrogens is 387 g/mol. The number of anilines is 2. The van der Waals surface area contributed by atoms with Gasteiger partial charge >= 0.3 is 0 Å². The Morgan fingerprint density at radius 2 is 1.70 bits per heavy atom.